The van der Waals surface area contributed by atoms with Gasteiger partial charge in [0.25, 0.3) is 5.91 Å². The molecule has 0 aromatic rings. The van der Waals surface area contributed by atoms with Crippen molar-refractivity contribution in [3.63, 3.8) is 0 Å². The number of nitrogens with zero attached hydrogens (tertiary/aromatic N) is 2. The topological polar surface area (TPSA) is 40.6 Å². The van der Waals surface area contributed by atoms with E-state index in [0.717, 1.165) is 12.8 Å². The minimum absolute atomic E-state index is 0.0156. The maximum Gasteiger partial charge on any atom is 0.327 e. The molecule has 0 atom stereocenters. The summed E-state index contributed by atoms with van der Waals surface area (Å²) < 4.78 is 0. The summed E-state index contributed by atoms with van der Waals surface area (Å²) in [6, 6.07) is 0.137. The zero-order chi connectivity index (χ0) is 10.3. The average molecular weight is 196 g/mol. The maximum atomic E-state index is 11.8. The molecule has 1 aliphatic heterocycles. The smallest absolute Gasteiger partial charge is 0.315 e. The van der Waals surface area contributed by atoms with Gasteiger partial charge in [0.1, 0.15) is 6.54 Å². The first-order valence-corrected chi connectivity index (χ1v) is 5.20. The number of carbonyl (C=O) groups is 2. The van der Waals surface area contributed by atoms with Gasteiger partial charge in [0.05, 0.1) is 0 Å². The molecule has 1 heterocycles. The van der Waals surface area contributed by atoms with Crippen LogP contribution in [-0.2, 0) is 4.79 Å². The third-order valence-corrected chi connectivity index (χ3v) is 2.57. The predicted octanol–water partition coefficient (Wildman–Crippen LogP) is 1.07. The van der Waals surface area contributed by atoms with Gasteiger partial charge < -0.3 is 4.90 Å². The van der Waals surface area contributed by atoms with Crippen molar-refractivity contribution < 1.29 is 9.59 Å². The summed E-state index contributed by atoms with van der Waals surface area (Å²) in [6.45, 7) is 5.08. The van der Waals surface area contributed by atoms with Crippen LogP contribution in [0.2, 0.25) is 0 Å². The van der Waals surface area contributed by atoms with Crippen molar-refractivity contribution in [3.8, 4) is 0 Å². The van der Waals surface area contributed by atoms with Crippen LogP contribution in [-0.4, -0.2) is 40.9 Å². The molecule has 14 heavy (non-hydrogen) atoms. The lowest BCUT2D eigenvalue weighted by Crippen LogP contribution is -2.36. The Morgan fingerprint density at radius 3 is 2.50 bits per heavy atom. The average Bonchev–Trinajstić information content (AvgIpc) is 2.82. The summed E-state index contributed by atoms with van der Waals surface area (Å²) in [5.41, 5.74) is 0. The van der Waals surface area contributed by atoms with Crippen molar-refractivity contribution in [2.45, 2.75) is 32.7 Å². The Morgan fingerprint density at radius 1 is 1.36 bits per heavy atom. The molecule has 78 valence electrons. The zero-order valence-electron chi connectivity index (χ0n) is 8.69. The van der Waals surface area contributed by atoms with Crippen molar-refractivity contribution in [3.05, 3.63) is 0 Å². The summed E-state index contributed by atoms with van der Waals surface area (Å²) in [5.74, 6) is 0.407. The van der Waals surface area contributed by atoms with Gasteiger partial charge in [-0.2, -0.15) is 0 Å². The van der Waals surface area contributed by atoms with Crippen molar-refractivity contribution >= 4 is 11.9 Å². The van der Waals surface area contributed by atoms with E-state index in [9.17, 15) is 9.59 Å². The fraction of sp³-hybridized carbons (Fsp3) is 0.800. The molecular formula is C10H16N2O2. The van der Waals surface area contributed by atoms with Gasteiger partial charge in [-0.05, 0) is 18.8 Å². The molecule has 0 bridgehead atoms. The molecule has 0 aromatic heterocycles. The highest BCUT2D eigenvalue weighted by Gasteiger charge is 2.44. The number of hydrogen-bond acceptors (Lipinski definition) is 2. The minimum atomic E-state index is -0.0776. The van der Waals surface area contributed by atoms with Crippen LogP contribution in [0.25, 0.3) is 0 Å². The van der Waals surface area contributed by atoms with Gasteiger partial charge in [-0.25, -0.2) is 4.79 Å². The molecule has 1 saturated carbocycles. The predicted molar refractivity (Wildman–Crippen MR) is 51.7 cm³/mol. The first-order valence-electron chi connectivity index (χ1n) is 5.20. The van der Waals surface area contributed by atoms with Crippen LogP contribution in [0.1, 0.15) is 26.7 Å². The number of hydrogen-bond donors (Lipinski definition) is 0. The maximum absolute atomic E-state index is 11.8. The van der Waals surface area contributed by atoms with E-state index in [2.05, 4.69) is 13.8 Å². The van der Waals surface area contributed by atoms with E-state index in [1.54, 1.807) is 4.90 Å². The normalized spacial score (nSPS) is 22.8. The number of imide groups is 1. The molecule has 0 N–H and O–H groups in total. The highest BCUT2D eigenvalue weighted by atomic mass is 16.2. The molecule has 2 aliphatic rings. The summed E-state index contributed by atoms with van der Waals surface area (Å²) >= 11 is 0. The van der Waals surface area contributed by atoms with E-state index in [-0.39, 0.29) is 24.5 Å². The summed E-state index contributed by atoms with van der Waals surface area (Å²) in [7, 11) is 0. The zero-order valence-corrected chi connectivity index (χ0v) is 8.69. The Hall–Kier alpha value is -1.06. The molecule has 0 unspecified atom stereocenters. The van der Waals surface area contributed by atoms with E-state index in [0.29, 0.717) is 12.5 Å². The first kappa shape index (κ1) is 9.49. The molecule has 1 aliphatic carbocycles. The molecule has 2 rings (SSSR count). The molecule has 4 heteroatoms. The highest BCUT2D eigenvalue weighted by molar-refractivity contribution is 6.02. The lowest BCUT2D eigenvalue weighted by atomic mass is 10.2. The van der Waals surface area contributed by atoms with Crippen molar-refractivity contribution in [2.75, 3.05) is 13.1 Å². The van der Waals surface area contributed by atoms with Crippen molar-refractivity contribution in [1.29, 1.82) is 0 Å². The fourth-order valence-corrected chi connectivity index (χ4v) is 1.84. The second kappa shape index (κ2) is 3.26. The molecule has 0 aromatic carbocycles. The van der Waals surface area contributed by atoms with Crippen LogP contribution in [0, 0.1) is 5.92 Å². The van der Waals surface area contributed by atoms with Crippen LogP contribution < -0.4 is 0 Å². The second-order valence-electron chi connectivity index (χ2n) is 4.55. The summed E-state index contributed by atoms with van der Waals surface area (Å²) in [4.78, 5) is 26.4. The van der Waals surface area contributed by atoms with Gasteiger partial charge in [-0.3, -0.25) is 9.69 Å². The standard InChI is InChI=1S/C10H16N2O2/c1-7(2)5-11-6-9(13)12(10(11)14)8-3-4-8/h7-8H,3-6H2,1-2H3. The minimum Gasteiger partial charge on any atom is -0.315 e. The van der Waals surface area contributed by atoms with Crippen LogP contribution in [0.15, 0.2) is 0 Å². The first-order chi connectivity index (χ1) is 6.59. The summed E-state index contributed by atoms with van der Waals surface area (Å²) in [5, 5.41) is 0. The van der Waals surface area contributed by atoms with E-state index in [1.807, 2.05) is 0 Å². The third-order valence-electron chi connectivity index (χ3n) is 2.57. The van der Waals surface area contributed by atoms with Gasteiger partial charge in [-0.15, -0.1) is 0 Å². The molecule has 0 radical (unpaired) electrons. The van der Waals surface area contributed by atoms with Gasteiger partial charge >= 0.3 is 6.03 Å². The Bertz CT molecular complexity index is 271. The van der Waals surface area contributed by atoms with E-state index >= 15 is 0 Å². The summed E-state index contributed by atoms with van der Waals surface area (Å²) in [6.07, 6.45) is 1.99. The molecule has 3 amide bonds. The number of rotatable bonds is 3. The number of carbonyl (C=O) groups excluding carboxylic acids is 2. The monoisotopic (exact) mass is 196 g/mol. The molecule has 0 spiro atoms. The Morgan fingerprint density at radius 2 is 2.00 bits per heavy atom. The SMILES string of the molecule is CC(C)CN1CC(=O)N(C2CC2)C1=O. The van der Waals surface area contributed by atoms with Crippen LogP contribution in [0.4, 0.5) is 4.79 Å². The highest BCUT2D eigenvalue weighted by Crippen LogP contribution is 2.30. The molecule has 1 saturated heterocycles. The van der Waals surface area contributed by atoms with Gasteiger partial charge in [0.15, 0.2) is 0 Å². The lowest BCUT2D eigenvalue weighted by Gasteiger charge is -2.18. The van der Waals surface area contributed by atoms with Gasteiger partial charge in [0.2, 0.25) is 0 Å². The van der Waals surface area contributed by atoms with Crippen molar-refractivity contribution in [1.82, 2.24) is 9.80 Å². The Kier molecular flexibility index (Phi) is 2.21. The lowest BCUT2D eigenvalue weighted by molar-refractivity contribution is -0.125. The van der Waals surface area contributed by atoms with Gasteiger partial charge in [-0.1, -0.05) is 13.8 Å². The molecule has 2 fully saturated rings. The Balaban J connectivity index is 2.03. The third kappa shape index (κ3) is 1.61. The molecule has 4 nitrogen and oxygen atoms in total. The van der Waals surface area contributed by atoms with Crippen LogP contribution in [0.3, 0.4) is 0 Å². The largest absolute Gasteiger partial charge is 0.327 e. The van der Waals surface area contributed by atoms with E-state index in [1.165, 1.54) is 4.90 Å². The van der Waals surface area contributed by atoms with Crippen LogP contribution in [0.5, 0.6) is 0 Å². The molecular weight excluding hydrogens is 180 g/mol. The number of amides is 3. The van der Waals surface area contributed by atoms with Crippen LogP contribution >= 0.6 is 0 Å². The van der Waals surface area contributed by atoms with E-state index in [4.69, 9.17) is 0 Å². The number of urea groups is 1. The van der Waals surface area contributed by atoms with Gasteiger partial charge in [0, 0.05) is 12.6 Å². The quantitative estimate of drug-likeness (QED) is 0.633. The Labute approximate surface area is 83.9 Å². The second-order valence-corrected chi connectivity index (χ2v) is 4.55. The van der Waals surface area contributed by atoms with Crippen molar-refractivity contribution in [2.24, 2.45) is 5.92 Å². The van der Waals surface area contributed by atoms with E-state index < -0.39 is 0 Å². The fourth-order valence-electron chi connectivity index (χ4n) is 1.84.